The summed E-state index contributed by atoms with van der Waals surface area (Å²) >= 11 is 1.83. The van der Waals surface area contributed by atoms with Gasteiger partial charge in [0, 0.05) is 18.3 Å². The van der Waals surface area contributed by atoms with Crippen LogP contribution in [0.2, 0.25) is 0 Å². The summed E-state index contributed by atoms with van der Waals surface area (Å²) in [7, 11) is 0. The topological polar surface area (TPSA) is 20.3 Å². The van der Waals surface area contributed by atoms with Gasteiger partial charge in [-0.05, 0) is 36.8 Å². The minimum absolute atomic E-state index is 0.335. The zero-order valence-electron chi connectivity index (χ0n) is 10.6. The summed E-state index contributed by atoms with van der Waals surface area (Å²) in [6, 6.07) is 8.67. The number of carbonyl (C=O) groups is 1. The molecule has 0 unspecified atom stereocenters. The molecule has 1 fully saturated rings. The lowest BCUT2D eigenvalue weighted by Gasteiger charge is -2.17. The maximum Gasteiger partial charge on any atom is 0.232 e. The molecule has 2 nitrogen and oxygen atoms in total. The molecule has 1 saturated heterocycles. The van der Waals surface area contributed by atoms with E-state index in [1.165, 1.54) is 36.8 Å². The largest absolute Gasteiger partial charge is 0.342 e. The summed E-state index contributed by atoms with van der Waals surface area (Å²) < 4.78 is 0. The molecule has 0 saturated carbocycles. The molecule has 1 aromatic rings. The Morgan fingerprint density at radius 1 is 1.28 bits per heavy atom. The zero-order valence-corrected chi connectivity index (χ0v) is 11.4. The molecule has 96 valence electrons. The lowest BCUT2D eigenvalue weighted by Crippen LogP contribution is -2.29. The van der Waals surface area contributed by atoms with Crippen molar-refractivity contribution in [3.05, 3.63) is 35.4 Å². The van der Waals surface area contributed by atoms with Gasteiger partial charge >= 0.3 is 0 Å². The van der Waals surface area contributed by atoms with E-state index in [1.54, 1.807) is 0 Å². The van der Waals surface area contributed by atoms with Crippen molar-refractivity contribution in [3.8, 4) is 0 Å². The number of likely N-dealkylation sites (tertiary alicyclic amines) is 1. The van der Waals surface area contributed by atoms with Crippen molar-refractivity contribution in [2.75, 3.05) is 18.8 Å². The predicted molar refractivity (Wildman–Crippen MR) is 75.8 cm³/mol. The number of fused-ring (bicyclic) bond motifs is 1. The van der Waals surface area contributed by atoms with Gasteiger partial charge in [-0.2, -0.15) is 0 Å². The summed E-state index contributed by atoms with van der Waals surface area (Å²) in [6.45, 7) is 1.95. The monoisotopic (exact) mass is 261 g/mol. The van der Waals surface area contributed by atoms with Gasteiger partial charge in [0.15, 0.2) is 0 Å². The highest BCUT2D eigenvalue weighted by Gasteiger charge is 2.24. The van der Waals surface area contributed by atoms with Gasteiger partial charge in [0.1, 0.15) is 0 Å². The van der Waals surface area contributed by atoms with Crippen molar-refractivity contribution in [2.45, 2.75) is 30.9 Å². The molecule has 1 aliphatic heterocycles. The summed E-state index contributed by atoms with van der Waals surface area (Å²) in [5.41, 5.74) is 2.93. The number of nitrogens with zero attached hydrogens (tertiary/aromatic N) is 1. The Hall–Kier alpha value is -0.960. The van der Waals surface area contributed by atoms with Crippen molar-refractivity contribution in [1.29, 1.82) is 0 Å². The molecule has 1 aromatic carbocycles. The maximum atomic E-state index is 12.0. The van der Waals surface area contributed by atoms with Gasteiger partial charge in [-0.25, -0.2) is 0 Å². The molecule has 1 amide bonds. The smallest absolute Gasteiger partial charge is 0.232 e. The molecule has 3 rings (SSSR count). The standard InChI is InChI=1S/C15H19NOS/c17-15(16-9-3-4-10-16)11-18-14-8-7-12-5-1-2-6-13(12)14/h1-2,5-6,14H,3-4,7-11H2/t14-/m1/s1. The Morgan fingerprint density at radius 3 is 2.89 bits per heavy atom. The highest BCUT2D eigenvalue weighted by molar-refractivity contribution is 8.00. The minimum Gasteiger partial charge on any atom is -0.342 e. The van der Waals surface area contributed by atoms with Gasteiger partial charge in [0.05, 0.1) is 5.75 Å². The number of aryl methyl sites for hydroxylation is 1. The number of rotatable bonds is 3. The Kier molecular flexibility index (Phi) is 3.59. The van der Waals surface area contributed by atoms with Gasteiger partial charge in [-0.1, -0.05) is 24.3 Å². The van der Waals surface area contributed by atoms with Gasteiger partial charge < -0.3 is 4.90 Å². The fraction of sp³-hybridized carbons (Fsp3) is 0.533. The average Bonchev–Trinajstić information content (AvgIpc) is 3.06. The minimum atomic E-state index is 0.335. The van der Waals surface area contributed by atoms with E-state index in [0.717, 1.165) is 13.1 Å². The SMILES string of the molecule is O=C(CS[C@@H]1CCc2ccccc21)N1CCCC1. The van der Waals surface area contributed by atoms with E-state index in [-0.39, 0.29) is 0 Å². The van der Waals surface area contributed by atoms with E-state index >= 15 is 0 Å². The number of hydrogen-bond acceptors (Lipinski definition) is 2. The van der Waals surface area contributed by atoms with Crippen LogP contribution in [-0.2, 0) is 11.2 Å². The molecule has 0 radical (unpaired) electrons. The molecule has 0 N–H and O–H groups in total. The molecular formula is C15H19NOS. The van der Waals surface area contributed by atoms with E-state index < -0.39 is 0 Å². The van der Waals surface area contributed by atoms with E-state index in [9.17, 15) is 4.79 Å². The average molecular weight is 261 g/mol. The lowest BCUT2D eigenvalue weighted by atomic mass is 10.1. The summed E-state index contributed by atoms with van der Waals surface area (Å²) in [5.74, 6) is 0.987. The van der Waals surface area contributed by atoms with Crippen molar-refractivity contribution >= 4 is 17.7 Å². The van der Waals surface area contributed by atoms with Crippen LogP contribution in [0.3, 0.4) is 0 Å². The predicted octanol–water partition coefficient (Wildman–Crippen LogP) is 3.03. The van der Waals surface area contributed by atoms with Crippen molar-refractivity contribution in [3.63, 3.8) is 0 Å². The van der Waals surface area contributed by atoms with Crippen LogP contribution in [0.4, 0.5) is 0 Å². The van der Waals surface area contributed by atoms with E-state index in [0.29, 0.717) is 16.9 Å². The quantitative estimate of drug-likeness (QED) is 0.833. The van der Waals surface area contributed by atoms with Crippen LogP contribution in [0.15, 0.2) is 24.3 Å². The van der Waals surface area contributed by atoms with Crippen LogP contribution in [0, 0.1) is 0 Å². The Labute approximate surface area is 113 Å². The first-order valence-corrected chi connectivity index (χ1v) is 7.86. The third kappa shape index (κ3) is 2.41. The third-order valence-corrected chi connectivity index (χ3v) is 5.25. The molecule has 0 bridgehead atoms. The van der Waals surface area contributed by atoms with Crippen LogP contribution < -0.4 is 0 Å². The number of hydrogen-bond donors (Lipinski definition) is 0. The fourth-order valence-corrected chi connectivity index (χ4v) is 4.14. The first-order valence-electron chi connectivity index (χ1n) is 6.82. The molecule has 3 heteroatoms. The third-order valence-electron chi connectivity index (χ3n) is 3.94. The van der Waals surface area contributed by atoms with E-state index in [2.05, 4.69) is 24.3 Å². The molecular weight excluding hydrogens is 242 g/mol. The summed E-state index contributed by atoms with van der Waals surface area (Å²) in [5, 5.41) is 0.535. The highest BCUT2D eigenvalue weighted by Crippen LogP contribution is 2.40. The van der Waals surface area contributed by atoms with Crippen LogP contribution in [0.1, 0.15) is 35.6 Å². The summed E-state index contributed by atoms with van der Waals surface area (Å²) in [6.07, 6.45) is 4.73. The summed E-state index contributed by atoms with van der Waals surface area (Å²) in [4.78, 5) is 14.0. The second-order valence-corrected chi connectivity index (χ2v) is 6.32. The molecule has 18 heavy (non-hydrogen) atoms. The van der Waals surface area contributed by atoms with Crippen molar-refractivity contribution in [2.24, 2.45) is 0 Å². The van der Waals surface area contributed by atoms with E-state index in [1.807, 2.05) is 16.7 Å². The first-order chi connectivity index (χ1) is 8.84. The number of carbonyl (C=O) groups excluding carboxylic acids is 1. The second-order valence-electron chi connectivity index (χ2n) is 5.13. The van der Waals surface area contributed by atoms with Gasteiger partial charge in [-0.3, -0.25) is 4.79 Å². The second kappa shape index (κ2) is 5.35. The van der Waals surface area contributed by atoms with Crippen LogP contribution in [0.25, 0.3) is 0 Å². The van der Waals surface area contributed by atoms with Crippen LogP contribution in [0.5, 0.6) is 0 Å². The normalized spacial score (nSPS) is 22.2. The molecule has 1 atom stereocenters. The van der Waals surface area contributed by atoms with Gasteiger partial charge in [0.25, 0.3) is 0 Å². The molecule has 0 aromatic heterocycles. The van der Waals surface area contributed by atoms with Crippen molar-refractivity contribution < 1.29 is 4.79 Å². The Balaban J connectivity index is 1.57. The number of benzene rings is 1. The molecule has 2 aliphatic rings. The van der Waals surface area contributed by atoms with Gasteiger partial charge in [-0.15, -0.1) is 11.8 Å². The van der Waals surface area contributed by atoms with Crippen LogP contribution >= 0.6 is 11.8 Å². The van der Waals surface area contributed by atoms with Crippen LogP contribution in [-0.4, -0.2) is 29.6 Å². The zero-order chi connectivity index (χ0) is 12.4. The highest BCUT2D eigenvalue weighted by atomic mass is 32.2. The van der Waals surface area contributed by atoms with Gasteiger partial charge in [0.2, 0.25) is 5.91 Å². The first kappa shape index (κ1) is 12.1. The number of thioether (sulfide) groups is 1. The Bertz CT molecular complexity index is 440. The molecule has 1 heterocycles. The van der Waals surface area contributed by atoms with Crippen molar-refractivity contribution in [1.82, 2.24) is 4.90 Å². The number of amides is 1. The maximum absolute atomic E-state index is 12.0. The lowest BCUT2D eigenvalue weighted by molar-refractivity contribution is -0.127. The fourth-order valence-electron chi connectivity index (χ4n) is 2.92. The Morgan fingerprint density at radius 2 is 2.06 bits per heavy atom. The van der Waals surface area contributed by atoms with E-state index in [4.69, 9.17) is 0 Å². The molecule has 1 aliphatic carbocycles. The molecule has 0 spiro atoms.